The fraction of sp³-hybridized carbons (Fsp3) is 0.222. The van der Waals surface area contributed by atoms with Crippen LogP contribution in [0.3, 0.4) is 0 Å². The van der Waals surface area contributed by atoms with Crippen molar-refractivity contribution in [3.05, 3.63) is 23.6 Å². The lowest BCUT2D eigenvalue weighted by Crippen LogP contribution is -2.06. The molecule has 0 aliphatic heterocycles. The third-order valence-corrected chi connectivity index (χ3v) is 2.58. The number of carbonyl (C=O) groups excluding carboxylic acids is 1. The van der Waals surface area contributed by atoms with Crippen LogP contribution < -0.4 is 0 Å². The molecule has 0 aromatic carbocycles. The molecule has 0 bridgehead atoms. The summed E-state index contributed by atoms with van der Waals surface area (Å²) in [5.41, 5.74) is -0.470. The van der Waals surface area contributed by atoms with Gasteiger partial charge in [-0.25, -0.2) is 14.2 Å². The molecule has 0 radical (unpaired) electrons. The van der Waals surface area contributed by atoms with Crippen molar-refractivity contribution in [1.82, 2.24) is 4.98 Å². The molecule has 0 saturated heterocycles. The van der Waals surface area contributed by atoms with Gasteiger partial charge in [-0.1, -0.05) is 11.8 Å². The zero-order chi connectivity index (χ0) is 12.1. The number of halogens is 1. The second kappa shape index (κ2) is 5.45. The standard InChI is InChI=1S/C9H8FNO4S/c1-15-6(12)4-16-8-7(10)5(9(13)14)2-3-11-8/h2-3H,4H2,1H3,(H,13,14). The molecule has 1 rings (SSSR count). The lowest BCUT2D eigenvalue weighted by atomic mass is 10.3. The molecule has 0 unspecified atom stereocenters. The van der Waals surface area contributed by atoms with E-state index in [0.717, 1.165) is 17.8 Å². The number of esters is 1. The number of nitrogens with zero attached hydrogens (tertiary/aromatic N) is 1. The zero-order valence-electron chi connectivity index (χ0n) is 8.27. The van der Waals surface area contributed by atoms with Crippen LogP contribution in [0.5, 0.6) is 0 Å². The van der Waals surface area contributed by atoms with E-state index in [2.05, 4.69) is 9.72 Å². The summed E-state index contributed by atoms with van der Waals surface area (Å²) in [5, 5.41) is 8.51. The monoisotopic (exact) mass is 245 g/mol. The molecule has 0 fully saturated rings. The number of carboxylic acids is 1. The summed E-state index contributed by atoms with van der Waals surface area (Å²) in [6.45, 7) is 0. The average Bonchev–Trinajstić information content (AvgIpc) is 2.26. The van der Waals surface area contributed by atoms with Crippen molar-refractivity contribution < 1.29 is 23.8 Å². The summed E-state index contributed by atoms with van der Waals surface area (Å²) >= 11 is 0.787. The van der Waals surface area contributed by atoms with E-state index in [1.165, 1.54) is 13.3 Å². The molecule has 0 spiro atoms. The number of pyridine rings is 1. The predicted octanol–water partition coefficient (Wildman–Crippen LogP) is 1.18. The molecule has 1 aromatic heterocycles. The Bertz CT molecular complexity index is 424. The maximum Gasteiger partial charge on any atom is 0.338 e. The quantitative estimate of drug-likeness (QED) is 0.634. The maximum absolute atomic E-state index is 13.5. The minimum atomic E-state index is -1.38. The molecule has 86 valence electrons. The lowest BCUT2D eigenvalue weighted by Gasteiger charge is -2.03. The Labute approximate surface area is 94.6 Å². The van der Waals surface area contributed by atoms with E-state index in [0.29, 0.717) is 0 Å². The number of thioether (sulfide) groups is 1. The van der Waals surface area contributed by atoms with Crippen LogP contribution >= 0.6 is 11.8 Å². The van der Waals surface area contributed by atoms with Gasteiger partial charge in [-0.3, -0.25) is 4.79 Å². The minimum absolute atomic E-state index is 0.122. The minimum Gasteiger partial charge on any atom is -0.478 e. The van der Waals surface area contributed by atoms with Crippen molar-refractivity contribution in [1.29, 1.82) is 0 Å². The SMILES string of the molecule is COC(=O)CSc1nccc(C(=O)O)c1F. The maximum atomic E-state index is 13.5. The zero-order valence-corrected chi connectivity index (χ0v) is 9.08. The van der Waals surface area contributed by atoms with Gasteiger partial charge in [-0.2, -0.15) is 0 Å². The number of hydrogen-bond donors (Lipinski definition) is 1. The molecule has 0 saturated carbocycles. The van der Waals surface area contributed by atoms with Gasteiger partial charge in [0.25, 0.3) is 0 Å². The fourth-order valence-corrected chi connectivity index (χ4v) is 1.62. The van der Waals surface area contributed by atoms with E-state index in [-0.39, 0.29) is 10.8 Å². The van der Waals surface area contributed by atoms with E-state index < -0.39 is 23.3 Å². The average molecular weight is 245 g/mol. The molecule has 0 aliphatic carbocycles. The summed E-state index contributed by atoms with van der Waals surface area (Å²) in [4.78, 5) is 25.0. The third-order valence-electron chi connectivity index (χ3n) is 1.64. The predicted molar refractivity (Wildman–Crippen MR) is 53.9 cm³/mol. The van der Waals surface area contributed by atoms with Crippen molar-refractivity contribution in [2.24, 2.45) is 0 Å². The van der Waals surface area contributed by atoms with E-state index in [4.69, 9.17) is 5.11 Å². The molecular formula is C9H8FNO4S. The van der Waals surface area contributed by atoms with Crippen molar-refractivity contribution in [2.45, 2.75) is 5.03 Å². The molecule has 1 aromatic rings. The van der Waals surface area contributed by atoms with Crippen LogP contribution in [-0.4, -0.2) is 34.9 Å². The summed E-state index contributed by atoms with van der Waals surface area (Å²) in [6.07, 6.45) is 1.17. The highest BCUT2D eigenvalue weighted by molar-refractivity contribution is 7.99. The summed E-state index contributed by atoms with van der Waals surface area (Å²) in [5.74, 6) is -2.97. The van der Waals surface area contributed by atoms with Crippen LogP contribution in [0.15, 0.2) is 17.3 Å². The van der Waals surface area contributed by atoms with Gasteiger partial charge in [-0.15, -0.1) is 0 Å². The van der Waals surface area contributed by atoms with Crippen LogP contribution in [-0.2, 0) is 9.53 Å². The molecule has 1 N–H and O–H groups in total. The first kappa shape index (κ1) is 12.4. The molecule has 0 atom stereocenters. The molecule has 16 heavy (non-hydrogen) atoms. The summed E-state index contributed by atoms with van der Waals surface area (Å²) in [7, 11) is 1.21. The first-order valence-corrected chi connectivity index (χ1v) is 5.12. The number of aromatic nitrogens is 1. The molecular weight excluding hydrogens is 237 g/mol. The Morgan fingerprint density at radius 1 is 1.62 bits per heavy atom. The first-order chi connectivity index (χ1) is 7.56. The molecule has 0 amide bonds. The molecule has 1 heterocycles. The van der Waals surface area contributed by atoms with Gasteiger partial charge in [0.15, 0.2) is 5.82 Å². The second-order valence-electron chi connectivity index (χ2n) is 2.65. The third kappa shape index (κ3) is 2.93. The Morgan fingerprint density at radius 3 is 2.88 bits per heavy atom. The van der Waals surface area contributed by atoms with Crippen LogP contribution in [0, 0.1) is 5.82 Å². The number of methoxy groups -OCH3 is 1. The number of rotatable bonds is 4. The van der Waals surface area contributed by atoms with Crippen molar-refractivity contribution in [3.63, 3.8) is 0 Å². The first-order valence-electron chi connectivity index (χ1n) is 4.13. The molecule has 5 nitrogen and oxygen atoms in total. The van der Waals surface area contributed by atoms with Gasteiger partial charge >= 0.3 is 11.9 Å². The van der Waals surface area contributed by atoms with Crippen LogP contribution in [0.2, 0.25) is 0 Å². The highest BCUT2D eigenvalue weighted by Crippen LogP contribution is 2.21. The van der Waals surface area contributed by atoms with Gasteiger partial charge in [0, 0.05) is 6.20 Å². The Balaban J connectivity index is 2.85. The second-order valence-corrected chi connectivity index (χ2v) is 3.61. The highest BCUT2D eigenvalue weighted by atomic mass is 32.2. The summed E-state index contributed by atoms with van der Waals surface area (Å²) < 4.78 is 17.8. The van der Waals surface area contributed by atoms with Crippen LogP contribution in [0.4, 0.5) is 4.39 Å². The molecule has 7 heteroatoms. The van der Waals surface area contributed by atoms with Gasteiger partial charge in [0.2, 0.25) is 0 Å². The van der Waals surface area contributed by atoms with Gasteiger partial charge < -0.3 is 9.84 Å². The largest absolute Gasteiger partial charge is 0.478 e. The van der Waals surface area contributed by atoms with E-state index in [1.807, 2.05) is 0 Å². The van der Waals surface area contributed by atoms with Crippen molar-refractivity contribution in [3.8, 4) is 0 Å². The van der Waals surface area contributed by atoms with E-state index >= 15 is 0 Å². The van der Waals surface area contributed by atoms with Crippen LogP contribution in [0.1, 0.15) is 10.4 Å². The van der Waals surface area contributed by atoms with Crippen molar-refractivity contribution in [2.75, 3.05) is 12.9 Å². The fourth-order valence-electron chi connectivity index (χ4n) is 0.877. The van der Waals surface area contributed by atoms with Gasteiger partial charge in [0.05, 0.1) is 18.4 Å². The van der Waals surface area contributed by atoms with E-state index in [9.17, 15) is 14.0 Å². The number of hydrogen-bond acceptors (Lipinski definition) is 5. The van der Waals surface area contributed by atoms with Gasteiger partial charge in [-0.05, 0) is 6.07 Å². The number of ether oxygens (including phenoxy) is 1. The topological polar surface area (TPSA) is 76.5 Å². The van der Waals surface area contributed by atoms with Crippen LogP contribution in [0.25, 0.3) is 0 Å². The lowest BCUT2D eigenvalue weighted by molar-refractivity contribution is -0.137. The van der Waals surface area contributed by atoms with Crippen molar-refractivity contribution >= 4 is 23.7 Å². The smallest absolute Gasteiger partial charge is 0.338 e. The number of aromatic carboxylic acids is 1. The number of carboxylic acid groups (broad SMARTS) is 1. The summed E-state index contributed by atoms with van der Waals surface area (Å²) in [6, 6.07) is 1.06. The molecule has 0 aliphatic rings. The van der Waals surface area contributed by atoms with Gasteiger partial charge in [0.1, 0.15) is 5.03 Å². The normalized spacial score (nSPS) is 9.88. The Morgan fingerprint density at radius 2 is 2.31 bits per heavy atom. The Kier molecular flexibility index (Phi) is 4.24. The Hall–Kier alpha value is -1.63. The number of carbonyl (C=O) groups is 2. The highest BCUT2D eigenvalue weighted by Gasteiger charge is 2.16. The van der Waals surface area contributed by atoms with E-state index in [1.54, 1.807) is 0 Å².